The van der Waals surface area contributed by atoms with Crippen LogP contribution in [-0.2, 0) is 9.59 Å². The molecule has 0 heterocycles. The zero-order chi connectivity index (χ0) is 9.72. The van der Waals surface area contributed by atoms with Gasteiger partial charge in [-0.2, -0.15) is 8.78 Å². The maximum absolute atomic E-state index is 11.7. The molecule has 0 aromatic carbocycles. The van der Waals surface area contributed by atoms with Gasteiger partial charge in [0.2, 0.25) is 5.91 Å². The average molecular weight is 180 g/mol. The first-order valence-electron chi connectivity index (χ1n) is 3.22. The lowest BCUT2D eigenvalue weighted by atomic mass is 10.5. The molecule has 0 aliphatic carbocycles. The fraction of sp³-hybridized carbons (Fsp3) is 0.667. The highest BCUT2D eigenvalue weighted by Gasteiger charge is 2.21. The number of hydrogen-bond donors (Lipinski definition) is 1. The molecule has 6 heteroatoms. The summed E-state index contributed by atoms with van der Waals surface area (Å²) in [5, 5.41) is 2.21. The standard InChI is InChI=1S/C6H10F2N2O2/c1-9-4(11)3-10(2)6(12)5(7)8/h5H,3H2,1-2H3,(H,9,11). The molecule has 70 valence electrons. The summed E-state index contributed by atoms with van der Waals surface area (Å²) in [5.41, 5.74) is 0. The number of nitrogens with zero attached hydrogens (tertiary/aromatic N) is 1. The molecule has 0 aromatic heterocycles. The molecule has 0 saturated heterocycles. The Morgan fingerprint density at radius 3 is 2.33 bits per heavy atom. The first kappa shape index (κ1) is 10.8. The maximum atomic E-state index is 11.7. The predicted octanol–water partition coefficient (Wildman–Crippen LogP) is -0.544. The van der Waals surface area contributed by atoms with Crippen molar-refractivity contribution < 1.29 is 18.4 Å². The highest BCUT2D eigenvalue weighted by atomic mass is 19.3. The Balaban J connectivity index is 3.95. The monoisotopic (exact) mass is 180 g/mol. The third-order valence-electron chi connectivity index (χ3n) is 1.22. The number of likely N-dealkylation sites (N-methyl/N-ethyl adjacent to an activating group) is 2. The van der Waals surface area contributed by atoms with Gasteiger partial charge >= 0.3 is 6.43 Å². The molecule has 0 atom stereocenters. The van der Waals surface area contributed by atoms with Crippen molar-refractivity contribution in [2.75, 3.05) is 20.6 Å². The molecule has 0 saturated carbocycles. The summed E-state index contributed by atoms with van der Waals surface area (Å²) in [7, 11) is 2.51. The molecule has 0 radical (unpaired) electrons. The summed E-state index contributed by atoms with van der Waals surface area (Å²) in [6.07, 6.45) is -3.06. The zero-order valence-corrected chi connectivity index (χ0v) is 6.80. The lowest BCUT2D eigenvalue weighted by Crippen LogP contribution is -2.39. The van der Waals surface area contributed by atoms with Gasteiger partial charge in [0.1, 0.15) is 0 Å². The number of carbonyl (C=O) groups excluding carboxylic acids is 2. The lowest BCUT2D eigenvalue weighted by Gasteiger charge is -2.14. The molecule has 0 aliphatic rings. The second-order valence-corrected chi connectivity index (χ2v) is 2.17. The van der Waals surface area contributed by atoms with Crippen molar-refractivity contribution >= 4 is 11.8 Å². The van der Waals surface area contributed by atoms with E-state index in [4.69, 9.17) is 0 Å². The summed E-state index contributed by atoms with van der Waals surface area (Å²) in [4.78, 5) is 21.8. The zero-order valence-electron chi connectivity index (χ0n) is 6.80. The third-order valence-corrected chi connectivity index (χ3v) is 1.22. The van der Waals surface area contributed by atoms with Gasteiger partial charge in [-0.25, -0.2) is 0 Å². The van der Waals surface area contributed by atoms with Crippen LogP contribution >= 0.6 is 0 Å². The van der Waals surface area contributed by atoms with Crippen molar-refractivity contribution in [2.45, 2.75) is 6.43 Å². The SMILES string of the molecule is CNC(=O)CN(C)C(=O)C(F)F. The molecular weight excluding hydrogens is 170 g/mol. The summed E-state index contributed by atoms with van der Waals surface area (Å²) < 4.78 is 23.4. The number of amides is 2. The molecule has 4 nitrogen and oxygen atoms in total. The van der Waals surface area contributed by atoms with Gasteiger partial charge in [-0.3, -0.25) is 9.59 Å². The van der Waals surface area contributed by atoms with Crippen LogP contribution in [0.15, 0.2) is 0 Å². The Kier molecular flexibility index (Phi) is 4.17. The van der Waals surface area contributed by atoms with Crippen molar-refractivity contribution in [2.24, 2.45) is 0 Å². The van der Waals surface area contributed by atoms with Crippen molar-refractivity contribution in [3.63, 3.8) is 0 Å². The predicted molar refractivity (Wildman–Crippen MR) is 37.7 cm³/mol. The van der Waals surface area contributed by atoms with Crippen LogP contribution in [-0.4, -0.2) is 43.8 Å². The van der Waals surface area contributed by atoms with E-state index < -0.39 is 18.2 Å². The smallest absolute Gasteiger partial charge is 0.315 e. The molecular formula is C6H10F2N2O2. The van der Waals surface area contributed by atoms with Crippen LogP contribution in [0.2, 0.25) is 0 Å². The fourth-order valence-electron chi connectivity index (χ4n) is 0.539. The Labute approximate surface area is 68.5 Å². The van der Waals surface area contributed by atoms with Crippen molar-refractivity contribution in [3.8, 4) is 0 Å². The van der Waals surface area contributed by atoms with Crippen LogP contribution < -0.4 is 5.32 Å². The van der Waals surface area contributed by atoms with Crippen molar-refractivity contribution in [3.05, 3.63) is 0 Å². The molecule has 2 amide bonds. The Bertz CT molecular complexity index is 184. The van der Waals surface area contributed by atoms with Crippen LogP contribution in [0.1, 0.15) is 0 Å². The Hall–Kier alpha value is -1.20. The summed E-state index contributed by atoms with van der Waals surface area (Å²) >= 11 is 0. The van der Waals surface area contributed by atoms with Crippen LogP contribution in [0.25, 0.3) is 0 Å². The molecule has 1 N–H and O–H groups in total. The fourth-order valence-corrected chi connectivity index (χ4v) is 0.539. The summed E-state index contributed by atoms with van der Waals surface area (Å²) in [6.45, 7) is -0.348. The van der Waals surface area contributed by atoms with E-state index in [1.54, 1.807) is 0 Å². The van der Waals surface area contributed by atoms with Crippen molar-refractivity contribution in [1.29, 1.82) is 0 Å². The van der Waals surface area contributed by atoms with Crippen LogP contribution in [0, 0.1) is 0 Å². The highest BCUT2D eigenvalue weighted by molar-refractivity contribution is 5.85. The number of halogens is 2. The first-order valence-corrected chi connectivity index (χ1v) is 3.22. The van der Waals surface area contributed by atoms with E-state index in [1.165, 1.54) is 7.05 Å². The van der Waals surface area contributed by atoms with E-state index in [-0.39, 0.29) is 6.54 Å². The van der Waals surface area contributed by atoms with Gasteiger partial charge in [0.25, 0.3) is 5.91 Å². The second-order valence-electron chi connectivity index (χ2n) is 2.17. The first-order chi connectivity index (χ1) is 5.49. The van der Waals surface area contributed by atoms with Gasteiger partial charge in [-0.15, -0.1) is 0 Å². The van der Waals surface area contributed by atoms with E-state index in [0.717, 1.165) is 7.05 Å². The van der Waals surface area contributed by atoms with Crippen molar-refractivity contribution in [1.82, 2.24) is 10.2 Å². The molecule has 0 bridgehead atoms. The molecule has 0 fully saturated rings. The van der Waals surface area contributed by atoms with E-state index in [1.807, 2.05) is 0 Å². The lowest BCUT2D eigenvalue weighted by molar-refractivity contribution is -0.143. The number of alkyl halides is 2. The maximum Gasteiger partial charge on any atom is 0.315 e. The summed E-state index contributed by atoms with van der Waals surface area (Å²) in [5.74, 6) is -1.83. The minimum atomic E-state index is -3.06. The van der Waals surface area contributed by atoms with Crippen LogP contribution in [0.5, 0.6) is 0 Å². The summed E-state index contributed by atoms with van der Waals surface area (Å²) in [6, 6.07) is 0. The highest BCUT2D eigenvalue weighted by Crippen LogP contribution is 1.97. The van der Waals surface area contributed by atoms with Crippen LogP contribution in [0.3, 0.4) is 0 Å². The van der Waals surface area contributed by atoms with Gasteiger partial charge in [-0.05, 0) is 0 Å². The quantitative estimate of drug-likeness (QED) is 0.633. The number of rotatable bonds is 3. The number of carbonyl (C=O) groups is 2. The third kappa shape index (κ3) is 3.27. The topological polar surface area (TPSA) is 49.4 Å². The number of nitrogens with one attached hydrogen (secondary N) is 1. The normalized spacial score (nSPS) is 9.75. The largest absolute Gasteiger partial charge is 0.358 e. The molecule has 0 unspecified atom stereocenters. The average Bonchev–Trinajstić information content (AvgIpc) is 2.02. The van der Waals surface area contributed by atoms with E-state index in [0.29, 0.717) is 4.90 Å². The molecule has 0 rings (SSSR count). The van der Waals surface area contributed by atoms with Gasteiger partial charge in [-0.1, -0.05) is 0 Å². The van der Waals surface area contributed by atoms with E-state index in [9.17, 15) is 18.4 Å². The Morgan fingerprint density at radius 1 is 1.50 bits per heavy atom. The molecule has 12 heavy (non-hydrogen) atoms. The minimum absolute atomic E-state index is 0.348. The number of hydrogen-bond acceptors (Lipinski definition) is 2. The minimum Gasteiger partial charge on any atom is -0.358 e. The molecule has 0 aliphatic heterocycles. The molecule has 0 spiro atoms. The van der Waals surface area contributed by atoms with E-state index in [2.05, 4.69) is 5.32 Å². The van der Waals surface area contributed by atoms with Gasteiger partial charge < -0.3 is 10.2 Å². The van der Waals surface area contributed by atoms with E-state index >= 15 is 0 Å². The van der Waals surface area contributed by atoms with Crippen LogP contribution in [0.4, 0.5) is 8.78 Å². The second kappa shape index (κ2) is 4.63. The van der Waals surface area contributed by atoms with Gasteiger partial charge in [0.05, 0.1) is 6.54 Å². The van der Waals surface area contributed by atoms with Gasteiger partial charge in [0.15, 0.2) is 0 Å². The molecule has 0 aromatic rings. The van der Waals surface area contributed by atoms with Gasteiger partial charge in [0, 0.05) is 14.1 Å². The Morgan fingerprint density at radius 2 is 2.00 bits per heavy atom.